The van der Waals surface area contributed by atoms with Gasteiger partial charge in [0.05, 0.1) is 28.8 Å². The van der Waals surface area contributed by atoms with E-state index >= 15 is 0 Å². The Morgan fingerprint density at radius 3 is 2.72 bits per heavy atom. The fourth-order valence-electron chi connectivity index (χ4n) is 3.66. The number of halogens is 5. The van der Waals surface area contributed by atoms with Crippen molar-refractivity contribution < 1.29 is 36.6 Å². The van der Waals surface area contributed by atoms with Gasteiger partial charge in [0.1, 0.15) is 11.5 Å². The van der Waals surface area contributed by atoms with Gasteiger partial charge in [-0.2, -0.15) is 13.2 Å². The van der Waals surface area contributed by atoms with Crippen LogP contribution in [0.2, 0.25) is 5.02 Å². The molecule has 0 aliphatic carbocycles. The fourth-order valence-corrected chi connectivity index (χ4v) is 4.84. The second-order valence-electron chi connectivity index (χ2n) is 8.39. The highest BCUT2D eigenvalue weighted by Gasteiger charge is 2.35. The molecular formula is C24H20ClF4N3O6S. The predicted octanol–water partition coefficient (Wildman–Crippen LogP) is 3.85. The van der Waals surface area contributed by atoms with Crippen LogP contribution in [0.1, 0.15) is 12.1 Å². The van der Waals surface area contributed by atoms with Gasteiger partial charge < -0.3 is 14.2 Å². The Balaban J connectivity index is 1.59. The smallest absolute Gasteiger partial charge is 0.431 e. The first-order valence-corrected chi connectivity index (χ1v) is 12.5. The van der Waals surface area contributed by atoms with Gasteiger partial charge in [-0.05, 0) is 30.7 Å². The number of benzene rings is 1. The molecule has 0 N–H and O–H groups in total. The lowest BCUT2D eigenvalue weighted by Gasteiger charge is -2.15. The van der Waals surface area contributed by atoms with Crippen molar-refractivity contribution >= 4 is 29.3 Å². The molecule has 1 fully saturated rings. The average molecular weight is 590 g/mol. The summed E-state index contributed by atoms with van der Waals surface area (Å²) in [5.74, 6) is -1.59. The van der Waals surface area contributed by atoms with Crippen LogP contribution in [-0.4, -0.2) is 46.5 Å². The molecule has 0 amide bonds. The molecule has 0 bridgehead atoms. The highest BCUT2D eigenvalue weighted by Crippen LogP contribution is 2.39. The zero-order valence-electron chi connectivity index (χ0n) is 20.2. The van der Waals surface area contributed by atoms with Crippen molar-refractivity contribution in [1.29, 1.82) is 0 Å². The lowest BCUT2D eigenvalue weighted by molar-refractivity contribution is -0.147. The van der Waals surface area contributed by atoms with Crippen molar-refractivity contribution in [3.63, 3.8) is 0 Å². The molecule has 2 aromatic heterocycles. The van der Waals surface area contributed by atoms with E-state index < -0.39 is 47.2 Å². The van der Waals surface area contributed by atoms with Crippen LogP contribution >= 0.6 is 23.4 Å². The first-order valence-electron chi connectivity index (χ1n) is 11.3. The SMILES string of the molecule is Cn1c(C(F)(F)F)cc(=O)n(-c2cc(Sc3cccnc3OCC(=O)OCC3CCOC3)c(Cl)cc2F)c1=O. The van der Waals surface area contributed by atoms with Crippen molar-refractivity contribution in [2.24, 2.45) is 13.0 Å². The third-order valence-electron chi connectivity index (χ3n) is 5.64. The van der Waals surface area contributed by atoms with Gasteiger partial charge in [0.2, 0.25) is 5.88 Å². The van der Waals surface area contributed by atoms with Crippen LogP contribution in [0.25, 0.3) is 5.69 Å². The van der Waals surface area contributed by atoms with Gasteiger partial charge >= 0.3 is 17.8 Å². The third-order valence-corrected chi connectivity index (χ3v) is 7.15. The number of rotatable bonds is 8. The Labute approximate surface area is 227 Å². The number of pyridine rings is 1. The summed E-state index contributed by atoms with van der Waals surface area (Å²) in [7, 11) is 0.816. The molecule has 208 valence electrons. The minimum absolute atomic E-state index is 0.0215. The molecule has 1 aliphatic heterocycles. The van der Waals surface area contributed by atoms with Gasteiger partial charge in [-0.1, -0.05) is 23.4 Å². The van der Waals surface area contributed by atoms with Crippen molar-refractivity contribution in [2.45, 2.75) is 22.4 Å². The number of hydrogen-bond acceptors (Lipinski definition) is 8. The molecule has 0 spiro atoms. The molecule has 3 aromatic rings. The van der Waals surface area contributed by atoms with Crippen LogP contribution in [0, 0.1) is 11.7 Å². The second kappa shape index (κ2) is 11.8. The molecule has 9 nitrogen and oxygen atoms in total. The molecule has 1 aliphatic rings. The predicted molar refractivity (Wildman–Crippen MR) is 131 cm³/mol. The molecular weight excluding hydrogens is 570 g/mol. The summed E-state index contributed by atoms with van der Waals surface area (Å²) in [5.41, 5.74) is -4.87. The van der Waals surface area contributed by atoms with Gasteiger partial charge in [0, 0.05) is 36.7 Å². The summed E-state index contributed by atoms with van der Waals surface area (Å²) in [5, 5.41) is -0.119. The molecule has 3 heterocycles. The zero-order chi connectivity index (χ0) is 28.3. The molecule has 1 atom stereocenters. The van der Waals surface area contributed by atoms with Gasteiger partial charge in [-0.25, -0.2) is 23.5 Å². The average Bonchev–Trinajstić information content (AvgIpc) is 3.40. The Kier molecular flexibility index (Phi) is 8.67. The molecule has 1 saturated heterocycles. The van der Waals surface area contributed by atoms with E-state index in [2.05, 4.69) is 4.98 Å². The highest BCUT2D eigenvalue weighted by molar-refractivity contribution is 7.99. The van der Waals surface area contributed by atoms with Gasteiger partial charge in [0.15, 0.2) is 6.61 Å². The Morgan fingerprint density at radius 2 is 2.03 bits per heavy atom. The molecule has 4 rings (SSSR count). The molecule has 1 aromatic carbocycles. The number of carbonyl (C=O) groups is 1. The number of aromatic nitrogens is 3. The fraction of sp³-hybridized carbons (Fsp3) is 0.333. The third kappa shape index (κ3) is 6.62. The number of carbonyl (C=O) groups excluding carboxylic acids is 1. The second-order valence-corrected chi connectivity index (χ2v) is 9.88. The molecule has 0 saturated carbocycles. The summed E-state index contributed by atoms with van der Waals surface area (Å²) in [6, 6.07) is 5.20. The number of esters is 1. The minimum atomic E-state index is -4.97. The summed E-state index contributed by atoms with van der Waals surface area (Å²) in [4.78, 5) is 41.8. The van der Waals surface area contributed by atoms with Crippen molar-refractivity contribution in [1.82, 2.24) is 14.1 Å². The van der Waals surface area contributed by atoms with E-state index in [4.69, 9.17) is 25.8 Å². The quantitative estimate of drug-likeness (QED) is 0.288. The Hall–Kier alpha value is -3.36. The maximum absolute atomic E-state index is 14.8. The first-order chi connectivity index (χ1) is 18.5. The number of ether oxygens (including phenoxy) is 3. The number of hydrogen-bond donors (Lipinski definition) is 0. The largest absolute Gasteiger partial charge is 0.465 e. The maximum Gasteiger partial charge on any atom is 0.431 e. The maximum atomic E-state index is 14.8. The van der Waals surface area contributed by atoms with E-state index in [1.165, 1.54) is 6.20 Å². The standard InChI is InChI=1S/C24H20ClF4N3O6S/c1-31-19(24(27,28)29)9-20(33)32(23(31)35)16-8-18(14(25)7-15(16)26)39-17-3-2-5-30-22(17)38-12-21(34)37-11-13-4-6-36-10-13/h2-3,5,7-9,13H,4,6,10-12H2,1H3. The first kappa shape index (κ1) is 28.6. The van der Waals surface area contributed by atoms with Crippen LogP contribution in [-0.2, 0) is 27.5 Å². The van der Waals surface area contributed by atoms with E-state index in [0.717, 1.165) is 37.4 Å². The lowest BCUT2D eigenvalue weighted by atomic mass is 10.1. The van der Waals surface area contributed by atoms with Crippen molar-refractivity contribution in [3.05, 3.63) is 73.9 Å². The van der Waals surface area contributed by atoms with Crippen LogP contribution < -0.4 is 16.0 Å². The molecule has 39 heavy (non-hydrogen) atoms. The molecule has 1 unspecified atom stereocenters. The van der Waals surface area contributed by atoms with E-state index in [1.807, 2.05) is 0 Å². The van der Waals surface area contributed by atoms with Crippen LogP contribution in [0.4, 0.5) is 17.6 Å². The lowest BCUT2D eigenvalue weighted by Crippen LogP contribution is -2.41. The van der Waals surface area contributed by atoms with E-state index in [-0.39, 0.29) is 43.5 Å². The van der Waals surface area contributed by atoms with E-state index in [1.54, 1.807) is 12.1 Å². The van der Waals surface area contributed by atoms with Crippen molar-refractivity contribution in [3.8, 4) is 11.6 Å². The van der Waals surface area contributed by atoms with Gasteiger partial charge in [-0.3, -0.25) is 9.36 Å². The Bertz CT molecular complexity index is 1500. The van der Waals surface area contributed by atoms with Crippen LogP contribution in [0.3, 0.4) is 0 Å². The minimum Gasteiger partial charge on any atom is -0.465 e. The zero-order valence-corrected chi connectivity index (χ0v) is 21.7. The highest BCUT2D eigenvalue weighted by atomic mass is 35.5. The number of alkyl halides is 3. The van der Waals surface area contributed by atoms with Crippen LogP contribution in [0.15, 0.2) is 55.9 Å². The van der Waals surface area contributed by atoms with E-state index in [0.29, 0.717) is 18.1 Å². The Morgan fingerprint density at radius 1 is 1.26 bits per heavy atom. The topological polar surface area (TPSA) is 102 Å². The monoisotopic (exact) mass is 589 g/mol. The summed E-state index contributed by atoms with van der Waals surface area (Å²) >= 11 is 7.10. The molecule has 0 radical (unpaired) electrons. The molecule has 15 heteroatoms. The van der Waals surface area contributed by atoms with E-state index in [9.17, 15) is 31.9 Å². The van der Waals surface area contributed by atoms with Gasteiger partial charge in [-0.15, -0.1) is 0 Å². The summed E-state index contributed by atoms with van der Waals surface area (Å²) in [6.45, 7) is 0.879. The summed E-state index contributed by atoms with van der Waals surface area (Å²) in [6.07, 6.45) is -2.77. The van der Waals surface area contributed by atoms with Crippen LogP contribution in [0.5, 0.6) is 5.88 Å². The van der Waals surface area contributed by atoms with Gasteiger partial charge in [0.25, 0.3) is 5.56 Å². The summed E-state index contributed by atoms with van der Waals surface area (Å²) < 4.78 is 70.8. The normalized spacial score (nSPS) is 15.4. The van der Waals surface area contributed by atoms with Crippen molar-refractivity contribution in [2.75, 3.05) is 26.4 Å². The number of nitrogens with zero attached hydrogens (tertiary/aromatic N) is 3.